The van der Waals surface area contributed by atoms with E-state index in [2.05, 4.69) is 31.7 Å². The minimum Gasteiger partial charge on any atom is -0.296 e. The Kier molecular flexibility index (Phi) is 3.61. The molecule has 2 aromatic heterocycles. The predicted molar refractivity (Wildman–Crippen MR) is 101 cm³/mol. The Labute approximate surface area is 159 Å². The summed E-state index contributed by atoms with van der Waals surface area (Å²) in [5.74, 6) is 2.49. The number of carbonyl (C=O) groups is 1. The number of carbonyl (C=O) groups excluding carboxylic acids is 1. The average Bonchev–Trinajstić information content (AvgIpc) is 3.12. The lowest BCUT2D eigenvalue weighted by Crippen LogP contribution is -2.48. The van der Waals surface area contributed by atoms with Gasteiger partial charge in [0.2, 0.25) is 0 Å². The third-order valence-electron chi connectivity index (χ3n) is 6.31. The molecule has 5 nitrogen and oxygen atoms in total. The number of hydrogen-bond acceptors (Lipinski definition) is 4. The smallest absolute Gasteiger partial charge is 0.279 e. The molecule has 0 radical (unpaired) electrons. The van der Waals surface area contributed by atoms with Crippen LogP contribution in [0.5, 0.6) is 0 Å². The molecule has 132 valence electrons. The van der Waals surface area contributed by atoms with E-state index in [1.165, 1.54) is 44.2 Å². The Balaban J connectivity index is 1.37. The number of nitrogens with one attached hydrogen (secondary N) is 1. The van der Waals surface area contributed by atoms with Gasteiger partial charge in [-0.3, -0.25) is 14.8 Å². The van der Waals surface area contributed by atoms with Gasteiger partial charge in [0.1, 0.15) is 0 Å². The molecule has 4 aliphatic carbocycles. The molecule has 6 rings (SSSR count). The first kappa shape index (κ1) is 16.0. The standard InChI is InChI=1S/C18H21BrN4OS/c1-23-8-13(19)15(22-23)16(24)21-17-20-14(9-25-17)18-5-10-2-11(6-18)4-12(3-10)7-18/h8-12H,2-7H2,1H3,(H,20,21,24). The maximum atomic E-state index is 12.5. The van der Waals surface area contributed by atoms with Gasteiger partial charge in [-0.1, -0.05) is 0 Å². The van der Waals surface area contributed by atoms with Crippen LogP contribution < -0.4 is 5.32 Å². The van der Waals surface area contributed by atoms with Gasteiger partial charge in [-0.25, -0.2) is 4.98 Å². The summed E-state index contributed by atoms with van der Waals surface area (Å²) in [7, 11) is 1.80. The van der Waals surface area contributed by atoms with E-state index >= 15 is 0 Å². The second kappa shape index (κ2) is 5.64. The summed E-state index contributed by atoms with van der Waals surface area (Å²) in [6.45, 7) is 0. The highest BCUT2D eigenvalue weighted by Crippen LogP contribution is 2.60. The molecule has 4 fully saturated rings. The van der Waals surface area contributed by atoms with E-state index in [0.717, 1.165) is 17.8 Å². The van der Waals surface area contributed by atoms with E-state index in [9.17, 15) is 4.79 Å². The molecule has 0 atom stereocenters. The highest BCUT2D eigenvalue weighted by atomic mass is 79.9. The number of nitrogens with zero attached hydrogens (tertiary/aromatic N) is 3. The first-order chi connectivity index (χ1) is 12.0. The van der Waals surface area contributed by atoms with Crippen LogP contribution in [-0.2, 0) is 12.5 Å². The van der Waals surface area contributed by atoms with Crippen molar-refractivity contribution in [2.75, 3.05) is 5.32 Å². The SMILES string of the molecule is Cn1cc(Br)c(C(=O)Nc2nc(C34CC5CC(CC(C5)C3)C4)cs2)n1. The number of aryl methyl sites for hydroxylation is 1. The van der Waals surface area contributed by atoms with Crippen molar-refractivity contribution in [2.45, 2.75) is 43.9 Å². The fraction of sp³-hybridized carbons (Fsp3) is 0.611. The quantitative estimate of drug-likeness (QED) is 0.801. The molecule has 25 heavy (non-hydrogen) atoms. The molecule has 4 saturated carbocycles. The van der Waals surface area contributed by atoms with Gasteiger partial charge in [0.25, 0.3) is 5.91 Å². The van der Waals surface area contributed by atoms with Crippen LogP contribution in [0.3, 0.4) is 0 Å². The maximum absolute atomic E-state index is 12.5. The first-order valence-electron chi connectivity index (χ1n) is 8.97. The van der Waals surface area contributed by atoms with Crippen LogP contribution in [0, 0.1) is 17.8 Å². The van der Waals surface area contributed by atoms with E-state index in [-0.39, 0.29) is 11.3 Å². The summed E-state index contributed by atoms with van der Waals surface area (Å²) < 4.78 is 2.33. The zero-order chi connectivity index (χ0) is 17.2. The van der Waals surface area contributed by atoms with Gasteiger partial charge in [0.15, 0.2) is 10.8 Å². The van der Waals surface area contributed by atoms with E-state index < -0.39 is 0 Å². The van der Waals surface area contributed by atoms with Gasteiger partial charge in [0.05, 0.1) is 10.2 Å². The predicted octanol–water partition coefficient (Wildman–Crippen LogP) is 4.36. The third-order valence-corrected chi connectivity index (χ3v) is 7.64. The van der Waals surface area contributed by atoms with E-state index in [1.54, 1.807) is 29.3 Å². The summed E-state index contributed by atoms with van der Waals surface area (Å²) in [6, 6.07) is 0. The van der Waals surface area contributed by atoms with E-state index in [4.69, 9.17) is 4.98 Å². The van der Waals surface area contributed by atoms with Crippen molar-refractivity contribution in [1.29, 1.82) is 0 Å². The van der Waals surface area contributed by atoms with Crippen LogP contribution in [0.25, 0.3) is 0 Å². The number of anilines is 1. The lowest BCUT2D eigenvalue weighted by atomic mass is 9.49. The molecule has 7 heteroatoms. The lowest BCUT2D eigenvalue weighted by molar-refractivity contribution is -0.00688. The fourth-order valence-corrected chi connectivity index (χ4v) is 7.15. The highest BCUT2D eigenvalue weighted by molar-refractivity contribution is 9.10. The first-order valence-corrected chi connectivity index (χ1v) is 10.6. The summed E-state index contributed by atoms with van der Waals surface area (Å²) >= 11 is 4.92. The van der Waals surface area contributed by atoms with Gasteiger partial charge in [0, 0.05) is 24.0 Å². The molecule has 0 unspecified atom stereocenters. The third kappa shape index (κ3) is 2.67. The fourth-order valence-electron chi connectivity index (χ4n) is 5.77. The van der Waals surface area contributed by atoms with E-state index in [1.807, 2.05) is 0 Å². The van der Waals surface area contributed by atoms with Crippen molar-refractivity contribution in [3.8, 4) is 0 Å². The molecule has 0 aliphatic heterocycles. The van der Waals surface area contributed by atoms with Crippen LogP contribution in [0.1, 0.15) is 54.7 Å². The monoisotopic (exact) mass is 420 g/mol. The van der Waals surface area contributed by atoms with Gasteiger partial charge in [-0.05, 0) is 72.2 Å². The Hall–Kier alpha value is -1.21. The van der Waals surface area contributed by atoms with E-state index in [0.29, 0.717) is 15.3 Å². The van der Waals surface area contributed by atoms with Crippen LogP contribution in [-0.4, -0.2) is 20.7 Å². The van der Waals surface area contributed by atoms with Crippen molar-refractivity contribution in [3.63, 3.8) is 0 Å². The zero-order valence-electron chi connectivity index (χ0n) is 14.2. The highest BCUT2D eigenvalue weighted by Gasteiger charge is 2.52. The molecule has 0 spiro atoms. The molecule has 2 heterocycles. The van der Waals surface area contributed by atoms with Crippen molar-refractivity contribution < 1.29 is 4.79 Å². The van der Waals surface area contributed by atoms with Crippen molar-refractivity contribution in [3.05, 3.63) is 27.4 Å². The van der Waals surface area contributed by atoms with Crippen LogP contribution in [0.2, 0.25) is 0 Å². The largest absolute Gasteiger partial charge is 0.296 e. The summed E-state index contributed by atoms with van der Waals surface area (Å²) in [5, 5.41) is 9.99. The molecule has 0 saturated heterocycles. The normalized spacial score (nSPS) is 33.0. The van der Waals surface area contributed by atoms with Gasteiger partial charge in [-0.15, -0.1) is 11.3 Å². The van der Waals surface area contributed by atoms with Crippen LogP contribution in [0.4, 0.5) is 5.13 Å². The minimum absolute atomic E-state index is 0.209. The van der Waals surface area contributed by atoms with Crippen molar-refractivity contribution in [1.82, 2.24) is 14.8 Å². The Morgan fingerprint density at radius 2 is 1.92 bits per heavy atom. The molecule has 4 bridgehead atoms. The molecule has 0 aromatic carbocycles. The summed E-state index contributed by atoms with van der Waals surface area (Å²) in [4.78, 5) is 17.3. The average molecular weight is 421 g/mol. The van der Waals surface area contributed by atoms with Gasteiger partial charge >= 0.3 is 0 Å². The summed E-state index contributed by atoms with van der Waals surface area (Å²) in [5.41, 5.74) is 1.89. The Morgan fingerprint density at radius 1 is 1.28 bits per heavy atom. The maximum Gasteiger partial charge on any atom is 0.279 e. The number of aromatic nitrogens is 3. The Morgan fingerprint density at radius 3 is 2.48 bits per heavy atom. The topological polar surface area (TPSA) is 59.8 Å². The number of amides is 1. The molecular formula is C18H21BrN4OS. The molecule has 4 aliphatic rings. The zero-order valence-corrected chi connectivity index (χ0v) is 16.6. The number of rotatable bonds is 3. The molecule has 1 N–H and O–H groups in total. The number of thiazole rings is 1. The summed E-state index contributed by atoms with van der Waals surface area (Å²) in [6.07, 6.45) is 9.95. The second-order valence-corrected chi connectivity index (χ2v) is 9.90. The second-order valence-electron chi connectivity index (χ2n) is 8.19. The number of halogens is 1. The molecule has 1 amide bonds. The van der Waals surface area contributed by atoms with Crippen LogP contribution in [0.15, 0.2) is 16.0 Å². The van der Waals surface area contributed by atoms with Gasteiger partial charge in [-0.2, -0.15) is 5.10 Å². The number of hydrogen-bond donors (Lipinski definition) is 1. The molecule has 2 aromatic rings. The van der Waals surface area contributed by atoms with Gasteiger partial charge < -0.3 is 0 Å². The van der Waals surface area contributed by atoms with Crippen LogP contribution >= 0.6 is 27.3 Å². The Bertz CT molecular complexity index is 807. The molecular weight excluding hydrogens is 400 g/mol. The van der Waals surface area contributed by atoms with Crippen molar-refractivity contribution in [2.24, 2.45) is 24.8 Å². The van der Waals surface area contributed by atoms with Crippen molar-refractivity contribution >= 4 is 38.3 Å². The lowest BCUT2D eigenvalue weighted by Gasteiger charge is -2.56. The minimum atomic E-state index is -0.209.